The Morgan fingerprint density at radius 1 is 1.08 bits per heavy atom. The molecule has 0 fully saturated rings. The van der Waals surface area contributed by atoms with Crippen LogP contribution in [0.2, 0.25) is 5.02 Å². The van der Waals surface area contributed by atoms with E-state index in [0.29, 0.717) is 17.3 Å². The van der Waals surface area contributed by atoms with Gasteiger partial charge in [-0.2, -0.15) is 9.36 Å². The number of nitrogens with one attached hydrogen (secondary N) is 2. The SMILES string of the molecule is FC1=CC=C(CCNCCNc2nc(-c3ccc(Cl)cc3)ns2)CC1. The van der Waals surface area contributed by atoms with E-state index in [-0.39, 0.29) is 5.83 Å². The first-order chi connectivity index (χ1) is 12.2. The van der Waals surface area contributed by atoms with Crippen molar-refractivity contribution in [2.75, 3.05) is 25.0 Å². The zero-order valence-corrected chi connectivity index (χ0v) is 15.3. The molecule has 1 aliphatic rings. The van der Waals surface area contributed by atoms with Crippen LogP contribution in [0.1, 0.15) is 19.3 Å². The van der Waals surface area contributed by atoms with Gasteiger partial charge in [0, 0.05) is 41.6 Å². The average molecular weight is 379 g/mol. The summed E-state index contributed by atoms with van der Waals surface area (Å²) in [5.74, 6) is 0.692. The minimum atomic E-state index is -0.0177. The van der Waals surface area contributed by atoms with E-state index in [9.17, 15) is 4.39 Å². The van der Waals surface area contributed by atoms with Gasteiger partial charge < -0.3 is 10.6 Å². The minimum absolute atomic E-state index is 0.0177. The van der Waals surface area contributed by atoms with Crippen LogP contribution in [-0.2, 0) is 0 Å². The Kier molecular flexibility index (Phi) is 6.55. The van der Waals surface area contributed by atoms with Crippen LogP contribution in [0, 0.1) is 0 Å². The minimum Gasteiger partial charge on any atom is -0.359 e. The summed E-state index contributed by atoms with van der Waals surface area (Å²) in [5, 5.41) is 8.17. The van der Waals surface area contributed by atoms with E-state index >= 15 is 0 Å². The lowest BCUT2D eigenvalue weighted by Gasteiger charge is -2.11. The summed E-state index contributed by atoms with van der Waals surface area (Å²) in [6.07, 6.45) is 5.82. The van der Waals surface area contributed by atoms with E-state index in [1.807, 2.05) is 30.3 Å². The summed E-state index contributed by atoms with van der Waals surface area (Å²) in [4.78, 5) is 4.48. The van der Waals surface area contributed by atoms with Crippen LogP contribution in [0.3, 0.4) is 0 Å². The summed E-state index contributed by atoms with van der Waals surface area (Å²) < 4.78 is 17.3. The molecule has 1 aromatic heterocycles. The monoisotopic (exact) mass is 378 g/mol. The Labute approximate surface area is 156 Å². The van der Waals surface area contributed by atoms with Gasteiger partial charge in [0.15, 0.2) is 5.82 Å². The molecule has 7 heteroatoms. The number of aromatic nitrogens is 2. The van der Waals surface area contributed by atoms with E-state index < -0.39 is 0 Å². The van der Waals surface area contributed by atoms with Crippen molar-refractivity contribution in [1.29, 1.82) is 0 Å². The molecule has 0 unspecified atom stereocenters. The molecule has 132 valence electrons. The molecule has 1 aliphatic carbocycles. The van der Waals surface area contributed by atoms with Crippen molar-refractivity contribution in [1.82, 2.24) is 14.7 Å². The Morgan fingerprint density at radius 3 is 2.68 bits per heavy atom. The molecule has 2 aromatic rings. The molecule has 0 aliphatic heterocycles. The van der Waals surface area contributed by atoms with Crippen LogP contribution in [-0.4, -0.2) is 29.0 Å². The predicted molar refractivity (Wildman–Crippen MR) is 103 cm³/mol. The highest BCUT2D eigenvalue weighted by Gasteiger charge is 2.07. The fourth-order valence-electron chi connectivity index (χ4n) is 2.51. The number of benzene rings is 1. The first-order valence-corrected chi connectivity index (χ1v) is 9.44. The van der Waals surface area contributed by atoms with Crippen molar-refractivity contribution in [3.8, 4) is 11.4 Å². The molecular formula is C18H20ClFN4S. The molecule has 3 rings (SSSR count). The second kappa shape index (κ2) is 9.08. The molecule has 1 heterocycles. The lowest BCUT2D eigenvalue weighted by Crippen LogP contribution is -2.23. The van der Waals surface area contributed by atoms with Gasteiger partial charge in [-0.15, -0.1) is 0 Å². The van der Waals surface area contributed by atoms with E-state index in [4.69, 9.17) is 11.6 Å². The van der Waals surface area contributed by atoms with E-state index in [1.54, 1.807) is 6.08 Å². The summed E-state index contributed by atoms with van der Waals surface area (Å²) in [6, 6.07) is 7.50. The molecule has 0 radical (unpaired) electrons. The predicted octanol–water partition coefficient (Wildman–Crippen LogP) is 4.82. The van der Waals surface area contributed by atoms with E-state index in [2.05, 4.69) is 20.0 Å². The number of anilines is 1. The van der Waals surface area contributed by atoms with Gasteiger partial charge >= 0.3 is 0 Å². The molecule has 0 amide bonds. The van der Waals surface area contributed by atoms with Crippen LogP contribution in [0.4, 0.5) is 9.52 Å². The van der Waals surface area contributed by atoms with Crippen LogP contribution in [0.15, 0.2) is 47.8 Å². The van der Waals surface area contributed by atoms with Crippen LogP contribution in [0.25, 0.3) is 11.4 Å². The lowest BCUT2D eigenvalue weighted by atomic mass is 10.0. The molecule has 0 bridgehead atoms. The van der Waals surface area contributed by atoms with Crippen molar-refractivity contribution in [2.45, 2.75) is 19.3 Å². The zero-order chi connectivity index (χ0) is 17.5. The van der Waals surface area contributed by atoms with Gasteiger partial charge in [0.05, 0.1) is 0 Å². The van der Waals surface area contributed by atoms with Crippen LogP contribution < -0.4 is 10.6 Å². The van der Waals surface area contributed by atoms with Crippen molar-refractivity contribution >= 4 is 28.3 Å². The van der Waals surface area contributed by atoms with Gasteiger partial charge in [0.25, 0.3) is 0 Å². The molecule has 25 heavy (non-hydrogen) atoms. The molecule has 2 N–H and O–H groups in total. The molecule has 1 aromatic carbocycles. The summed E-state index contributed by atoms with van der Waals surface area (Å²) >= 11 is 7.24. The number of hydrogen-bond donors (Lipinski definition) is 2. The van der Waals surface area contributed by atoms with E-state index in [0.717, 1.165) is 43.2 Å². The average Bonchev–Trinajstić information content (AvgIpc) is 3.09. The normalized spacial score (nSPS) is 14.2. The first-order valence-electron chi connectivity index (χ1n) is 8.29. The molecule has 0 atom stereocenters. The summed E-state index contributed by atoms with van der Waals surface area (Å²) in [6.45, 7) is 2.52. The number of rotatable bonds is 8. The van der Waals surface area contributed by atoms with E-state index in [1.165, 1.54) is 17.1 Å². The van der Waals surface area contributed by atoms with Crippen molar-refractivity contribution in [3.63, 3.8) is 0 Å². The third kappa shape index (κ3) is 5.63. The second-order valence-electron chi connectivity index (χ2n) is 5.80. The highest BCUT2D eigenvalue weighted by molar-refractivity contribution is 7.09. The lowest BCUT2D eigenvalue weighted by molar-refractivity contribution is 0.574. The largest absolute Gasteiger partial charge is 0.359 e. The Morgan fingerprint density at radius 2 is 1.92 bits per heavy atom. The number of nitrogens with zero attached hydrogens (tertiary/aromatic N) is 2. The van der Waals surface area contributed by atoms with Gasteiger partial charge in [0.2, 0.25) is 5.13 Å². The van der Waals surface area contributed by atoms with Crippen LogP contribution >= 0.6 is 23.1 Å². The van der Waals surface area contributed by atoms with Crippen LogP contribution in [0.5, 0.6) is 0 Å². The Hall–Kier alpha value is -1.76. The quantitative estimate of drug-likeness (QED) is 0.646. The number of halogens is 2. The van der Waals surface area contributed by atoms with Crippen molar-refractivity contribution in [2.24, 2.45) is 0 Å². The third-order valence-corrected chi connectivity index (χ3v) is 4.84. The molecule has 0 saturated carbocycles. The van der Waals surface area contributed by atoms with Gasteiger partial charge in [0.1, 0.15) is 5.83 Å². The van der Waals surface area contributed by atoms with Gasteiger partial charge in [-0.05, 0) is 49.7 Å². The second-order valence-corrected chi connectivity index (χ2v) is 6.98. The molecule has 4 nitrogen and oxygen atoms in total. The highest BCUT2D eigenvalue weighted by Crippen LogP contribution is 2.22. The molecular weight excluding hydrogens is 359 g/mol. The zero-order valence-electron chi connectivity index (χ0n) is 13.8. The maximum Gasteiger partial charge on any atom is 0.202 e. The summed E-state index contributed by atoms with van der Waals surface area (Å²) in [7, 11) is 0. The third-order valence-electron chi connectivity index (χ3n) is 3.91. The maximum atomic E-state index is 12.9. The first kappa shape index (κ1) is 18.0. The Bertz CT molecular complexity index is 755. The molecule has 0 spiro atoms. The Balaban J connectivity index is 1.35. The molecule has 0 saturated heterocycles. The fraction of sp³-hybridized carbons (Fsp3) is 0.333. The fourth-order valence-corrected chi connectivity index (χ4v) is 3.25. The summed E-state index contributed by atoms with van der Waals surface area (Å²) in [5.41, 5.74) is 2.26. The smallest absolute Gasteiger partial charge is 0.202 e. The topological polar surface area (TPSA) is 49.8 Å². The number of hydrogen-bond acceptors (Lipinski definition) is 5. The highest BCUT2D eigenvalue weighted by atomic mass is 35.5. The number of allylic oxidation sites excluding steroid dienone is 3. The van der Waals surface area contributed by atoms with Gasteiger partial charge in [-0.1, -0.05) is 23.3 Å². The van der Waals surface area contributed by atoms with Gasteiger partial charge in [-0.3, -0.25) is 0 Å². The maximum absolute atomic E-state index is 12.9. The van der Waals surface area contributed by atoms with Crippen molar-refractivity contribution in [3.05, 3.63) is 52.8 Å². The van der Waals surface area contributed by atoms with Gasteiger partial charge in [-0.25, -0.2) is 4.39 Å². The standard InChI is InChI=1S/C18H20ClFN4S/c19-15-5-3-14(4-6-15)17-23-18(25-24-17)22-12-11-21-10-9-13-1-7-16(20)8-2-13/h1,3-7,21H,2,8-12H2,(H,22,23,24). The van der Waals surface area contributed by atoms with Crippen molar-refractivity contribution < 1.29 is 4.39 Å².